The van der Waals surface area contributed by atoms with E-state index in [4.69, 9.17) is 9.47 Å². The van der Waals surface area contributed by atoms with Crippen LogP contribution in [0.1, 0.15) is 19.8 Å². The first-order valence-electron chi connectivity index (χ1n) is 5.07. The van der Waals surface area contributed by atoms with Crippen molar-refractivity contribution in [3.63, 3.8) is 0 Å². The zero-order valence-electron chi connectivity index (χ0n) is 8.68. The Morgan fingerprint density at radius 3 is 2.54 bits per heavy atom. The molecule has 0 atom stereocenters. The van der Waals surface area contributed by atoms with Crippen molar-refractivity contribution in [2.45, 2.75) is 19.8 Å². The van der Waals surface area contributed by atoms with Gasteiger partial charge >= 0.3 is 0 Å². The molecule has 0 amide bonds. The molecule has 0 aromatic heterocycles. The topological polar surface area (TPSA) is 30.5 Å². The van der Waals surface area contributed by atoms with Crippen LogP contribution in [0.4, 0.5) is 0 Å². The van der Waals surface area contributed by atoms with Gasteiger partial charge in [-0.15, -0.1) is 0 Å². The molecule has 0 heterocycles. The molecule has 1 N–H and O–H groups in total. The van der Waals surface area contributed by atoms with Crippen molar-refractivity contribution in [1.29, 1.82) is 0 Å². The molecule has 0 fully saturated rings. The molecular weight excluding hydrogens is 166 g/mol. The van der Waals surface area contributed by atoms with Gasteiger partial charge in [-0.05, 0) is 19.9 Å². The quantitative estimate of drug-likeness (QED) is 0.523. The van der Waals surface area contributed by atoms with E-state index in [0.29, 0.717) is 19.8 Å². The number of ether oxygens (including phenoxy) is 2. The van der Waals surface area contributed by atoms with E-state index in [1.807, 2.05) is 0 Å². The smallest absolute Gasteiger partial charge is 0.0701 e. The van der Waals surface area contributed by atoms with Crippen molar-refractivity contribution < 1.29 is 9.47 Å². The normalized spacial score (nSPS) is 10.6. The van der Waals surface area contributed by atoms with Gasteiger partial charge in [0.05, 0.1) is 19.8 Å². The molecule has 0 aromatic rings. The number of hydrogen-bond acceptors (Lipinski definition) is 3. The van der Waals surface area contributed by atoms with Crippen LogP contribution < -0.4 is 5.32 Å². The van der Waals surface area contributed by atoms with E-state index < -0.39 is 0 Å². The van der Waals surface area contributed by atoms with Gasteiger partial charge in [-0.25, -0.2) is 0 Å². The molecule has 79 valence electrons. The van der Waals surface area contributed by atoms with Crippen molar-refractivity contribution in [2.75, 3.05) is 39.5 Å². The molecule has 0 aliphatic carbocycles. The van der Waals surface area contributed by atoms with Gasteiger partial charge in [0.2, 0.25) is 0 Å². The van der Waals surface area contributed by atoms with Gasteiger partial charge in [0.25, 0.3) is 0 Å². The third kappa shape index (κ3) is 11.9. The van der Waals surface area contributed by atoms with Gasteiger partial charge in [-0.1, -0.05) is 13.3 Å². The number of nitrogens with one attached hydrogen (secondary N) is 1. The van der Waals surface area contributed by atoms with E-state index >= 15 is 0 Å². The second kappa shape index (κ2) is 11.9. The Morgan fingerprint density at radius 1 is 1.08 bits per heavy atom. The Balaban J connectivity index is 2.76. The van der Waals surface area contributed by atoms with E-state index in [9.17, 15) is 0 Å². The average molecular weight is 188 g/mol. The second-order valence-corrected chi connectivity index (χ2v) is 2.83. The molecule has 0 saturated carbocycles. The van der Waals surface area contributed by atoms with E-state index in [1.165, 1.54) is 12.8 Å². The monoisotopic (exact) mass is 188 g/mol. The summed E-state index contributed by atoms with van der Waals surface area (Å²) in [5, 5.41) is 3.30. The Hall–Kier alpha value is -0.120. The van der Waals surface area contributed by atoms with Crippen molar-refractivity contribution in [1.82, 2.24) is 5.32 Å². The number of rotatable bonds is 10. The van der Waals surface area contributed by atoms with Gasteiger partial charge in [-0.2, -0.15) is 0 Å². The summed E-state index contributed by atoms with van der Waals surface area (Å²) in [5.74, 6) is 0. The minimum absolute atomic E-state index is 0.526. The van der Waals surface area contributed by atoms with Crippen LogP contribution in [0, 0.1) is 6.92 Å². The third-order valence-electron chi connectivity index (χ3n) is 1.65. The summed E-state index contributed by atoms with van der Waals surface area (Å²) in [6.07, 6.45) is 2.48. The fourth-order valence-electron chi connectivity index (χ4n) is 0.893. The van der Waals surface area contributed by atoms with Gasteiger partial charge < -0.3 is 14.8 Å². The summed E-state index contributed by atoms with van der Waals surface area (Å²) in [5.41, 5.74) is 0. The summed E-state index contributed by atoms with van der Waals surface area (Å²) < 4.78 is 10.3. The fraction of sp³-hybridized carbons (Fsp3) is 0.900. The molecule has 0 saturated heterocycles. The van der Waals surface area contributed by atoms with E-state index in [-0.39, 0.29) is 0 Å². The molecule has 13 heavy (non-hydrogen) atoms. The molecule has 0 spiro atoms. The van der Waals surface area contributed by atoms with Crippen molar-refractivity contribution in [3.8, 4) is 0 Å². The Morgan fingerprint density at radius 2 is 1.85 bits per heavy atom. The SMILES string of the molecule is [CH2]COCCOCCNCCCC. The van der Waals surface area contributed by atoms with Crippen LogP contribution in [0.2, 0.25) is 0 Å². The Kier molecular flexibility index (Phi) is 11.8. The van der Waals surface area contributed by atoms with Gasteiger partial charge in [0.15, 0.2) is 0 Å². The molecule has 0 unspecified atom stereocenters. The molecule has 0 aromatic carbocycles. The highest BCUT2D eigenvalue weighted by atomic mass is 16.5. The summed E-state index contributed by atoms with van der Waals surface area (Å²) in [7, 11) is 0. The summed E-state index contributed by atoms with van der Waals surface area (Å²) in [6, 6.07) is 0. The molecule has 0 rings (SSSR count). The lowest BCUT2D eigenvalue weighted by atomic mass is 10.3. The van der Waals surface area contributed by atoms with E-state index in [2.05, 4.69) is 19.2 Å². The van der Waals surface area contributed by atoms with Crippen LogP contribution in [0.3, 0.4) is 0 Å². The van der Waals surface area contributed by atoms with Gasteiger partial charge in [0, 0.05) is 13.2 Å². The largest absolute Gasteiger partial charge is 0.379 e. The number of unbranched alkanes of at least 4 members (excludes halogenated alkanes) is 1. The van der Waals surface area contributed by atoms with Crippen LogP contribution in [0.25, 0.3) is 0 Å². The molecule has 1 radical (unpaired) electrons. The molecule has 3 nitrogen and oxygen atoms in total. The van der Waals surface area contributed by atoms with Gasteiger partial charge in [0.1, 0.15) is 0 Å². The maximum atomic E-state index is 5.30. The maximum absolute atomic E-state index is 5.30. The molecule has 0 aliphatic heterocycles. The summed E-state index contributed by atoms with van der Waals surface area (Å²) in [4.78, 5) is 0. The Bertz CT molecular complexity index is 79.0. The minimum atomic E-state index is 0.526. The predicted octanol–water partition coefficient (Wildman–Crippen LogP) is 1.24. The minimum Gasteiger partial charge on any atom is -0.379 e. The molecule has 0 aliphatic rings. The first-order valence-corrected chi connectivity index (χ1v) is 5.07. The van der Waals surface area contributed by atoms with Crippen molar-refractivity contribution in [2.24, 2.45) is 0 Å². The van der Waals surface area contributed by atoms with Gasteiger partial charge in [-0.3, -0.25) is 0 Å². The van der Waals surface area contributed by atoms with Crippen molar-refractivity contribution >= 4 is 0 Å². The van der Waals surface area contributed by atoms with E-state index in [0.717, 1.165) is 19.7 Å². The Labute approximate surface area is 81.8 Å². The predicted molar refractivity (Wildman–Crippen MR) is 54.8 cm³/mol. The summed E-state index contributed by atoms with van der Waals surface area (Å²) >= 11 is 0. The first-order chi connectivity index (χ1) is 6.41. The standard InChI is InChI=1S/C10H22NO2/c1-3-5-6-11-7-8-13-10-9-12-4-2/h11H,2-10H2,1H3. The summed E-state index contributed by atoms with van der Waals surface area (Å²) in [6.45, 7) is 10.4. The lowest BCUT2D eigenvalue weighted by Crippen LogP contribution is -2.21. The molecule has 3 heteroatoms. The maximum Gasteiger partial charge on any atom is 0.0701 e. The van der Waals surface area contributed by atoms with E-state index in [1.54, 1.807) is 0 Å². The zero-order valence-corrected chi connectivity index (χ0v) is 8.68. The third-order valence-corrected chi connectivity index (χ3v) is 1.65. The first kappa shape index (κ1) is 12.9. The highest BCUT2D eigenvalue weighted by Gasteiger charge is 1.88. The highest BCUT2D eigenvalue weighted by Crippen LogP contribution is 1.82. The molecular formula is C10H22NO2. The van der Waals surface area contributed by atoms with Crippen LogP contribution >= 0.6 is 0 Å². The second-order valence-electron chi connectivity index (χ2n) is 2.83. The van der Waals surface area contributed by atoms with Crippen LogP contribution in [-0.2, 0) is 9.47 Å². The zero-order chi connectivity index (χ0) is 9.78. The van der Waals surface area contributed by atoms with Crippen LogP contribution in [0.15, 0.2) is 0 Å². The average Bonchev–Trinajstić information content (AvgIpc) is 2.16. The lowest BCUT2D eigenvalue weighted by molar-refractivity contribution is 0.0591. The molecule has 0 bridgehead atoms. The van der Waals surface area contributed by atoms with Crippen LogP contribution in [0.5, 0.6) is 0 Å². The van der Waals surface area contributed by atoms with Crippen molar-refractivity contribution in [3.05, 3.63) is 6.92 Å². The van der Waals surface area contributed by atoms with Crippen LogP contribution in [-0.4, -0.2) is 39.5 Å². The lowest BCUT2D eigenvalue weighted by Gasteiger charge is -2.05. The highest BCUT2D eigenvalue weighted by molar-refractivity contribution is 4.45. The number of hydrogen-bond donors (Lipinski definition) is 1. The fourth-order valence-corrected chi connectivity index (χ4v) is 0.893.